The van der Waals surface area contributed by atoms with E-state index in [0.717, 1.165) is 55.9 Å². The van der Waals surface area contributed by atoms with Gasteiger partial charge in [0.15, 0.2) is 5.65 Å². The van der Waals surface area contributed by atoms with Gasteiger partial charge >= 0.3 is 0 Å². The van der Waals surface area contributed by atoms with Crippen LogP contribution in [-0.4, -0.2) is 39.1 Å². The minimum Gasteiger partial charge on any atom is -0.302 e. The van der Waals surface area contributed by atoms with Gasteiger partial charge in [-0.3, -0.25) is 4.40 Å². The highest BCUT2D eigenvalue weighted by molar-refractivity contribution is 5.37. The van der Waals surface area contributed by atoms with Gasteiger partial charge in [0.2, 0.25) is 0 Å². The molecule has 4 rings (SSSR count). The van der Waals surface area contributed by atoms with Gasteiger partial charge < -0.3 is 4.90 Å². The quantitative estimate of drug-likeness (QED) is 0.738. The summed E-state index contributed by atoms with van der Waals surface area (Å²) in [6, 6.07) is 13.0. The Labute approximate surface area is 140 Å². The van der Waals surface area contributed by atoms with Gasteiger partial charge in [-0.25, -0.2) is 4.39 Å². The SMILES string of the molecule is Fc1ccccc1CCN1CCCC(c2nnc3ccccn23)C1. The molecule has 1 fully saturated rings. The molecule has 1 unspecified atom stereocenters. The van der Waals surface area contributed by atoms with Crippen molar-refractivity contribution in [1.29, 1.82) is 0 Å². The van der Waals surface area contributed by atoms with Crippen molar-refractivity contribution >= 4 is 5.65 Å². The van der Waals surface area contributed by atoms with Gasteiger partial charge in [-0.1, -0.05) is 24.3 Å². The van der Waals surface area contributed by atoms with E-state index in [-0.39, 0.29) is 5.82 Å². The number of hydrogen-bond acceptors (Lipinski definition) is 3. The van der Waals surface area contributed by atoms with E-state index in [9.17, 15) is 4.39 Å². The Balaban J connectivity index is 1.45. The molecule has 1 atom stereocenters. The molecule has 0 saturated carbocycles. The summed E-state index contributed by atoms with van der Waals surface area (Å²) in [4.78, 5) is 2.42. The van der Waals surface area contributed by atoms with E-state index in [1.807, 2.05) is 36.5 Å². The highest BCUT2D eigenvalue weighted by Gasteiger charge is 2.25. The second-order valence-corrected chi connectivity index (χ2v) is 6.47. The minimum absolute atomic E-state index is 0.102. The van der Waals surface area contributed by atoms with Crippen molar-refractivity contribution in [1.82, 2.24) is 19.5 Å². The first-order valence-corrected chi connectivity index (χ1v) is 8.57. The van der Waals surface area contributed by atoms with Gasteiger partial charge in [0.05, 0.1) is 0 Å². The average molecular weight is 324 g/mol. The van der Waals surface area contributed by atoms with E-state index in [1.54, 1.807) is 6.07 Å². The molecular formula is C19H21FN4. The zero-order chi connectivity index (χ0) is 16.4. The summed E-state index contributed by atoms with van der Waals surface area (Å²) >= 11 is 0. The molecule has 1 aromatic carbocycles. The molecule has 5 heteroatoms. The summed E-state index contributed by atoms with van der Waals surface area (Å²) in [6.07, 6.45) is 5.05. The number of hydrogen-bond donors (Lipinski definition) is 0. The number of benzene rings is 1. The molecular weight excluding hydrogens is 303 g/mol. The highest BCUT2D eigenvalue weighted by atomic mass is 19.1. The summed E-state index contributed by atoms with van der Waals surface area (Å²) in [6.45, 7) is 2.92. The second kappa shape index (κ2) is 6.69. The lowest BCUT2D eigenvalue weighted by atomic mass is 9.96. The van der Waals surface area contributed by atoms with E-state index in [0.29, 0.717) is 5.92 Å². The molecule has 3 heterocycles. The first kappa shape index (κ1) is 15.3. The molecule has 124 valence electrons. The largest absolute Gasteiger partial charge is 0.302 e. The Kier molecular flexibility index (Phi) is 4.26. The van der Waals surface area contributed by atoms with Gasteiger partial charge in [-0.05, 0) is 49.6 Å². The van der Waals surface area contributed by atoms with Crippen LogP contribution < -0.4 is 0 Å². The van der Waals surface area contributed by atoms with Crippen LogP contribution in [0.5, 0.6) is 0 Å². The molecule has 1 aliphatic rings. The van der Waals surface area contributed by atoms with Gasteiger partial charge in [0.25, 0.3) is 0 Å². The molecule has 0 amide bonds. The monoisotopic (exact) mass is 324 g/mol. The van der Waals surface area contributed by atoms with Crippen LogP contribution in [0.2, 0.25) is 0 Å². The molecule has 0 spiro atoms. The molecule has 2 aromatic heterocycles. The number of likely N-dealkylation sites (tertiary alicyclic amines) is 1. The topological polar surface area (TPSA) is 33.4 Å². The number of fused-ring (bicyclic) bond motifs is 1. The average Bonchev–Trinajstić information content (AvgIpc) is 3.05. The fraction of sp³-hybridized carbons (Fsp3) is 0.368. The Morgan fingerprint density at radius 2 is 1.96 bits per heavy atom. The third-order valence-corrected chi connectivity index (χ3v) is 4.87. The van der Waals surface area contributed by atoms with E-state index in [4.69, 9.17) is 0 Å². The molecule has 0 bridgehead atoms. The van der Waals surface area contributed by atoms with Crippen molar-refractivity contribution in [3.05, 3.63) is 65.9 Å². The number of pyridine rings is 1. The fourth-order valence-corrected chi connectivity index (χ4v) is 3.59. The summed E-state index contributed by atoms with van der Waals surface area (Å²) < 4.78 is 15.9. The number of rotatable bonds is 4. The number of aromatic nitrogens is 3. The van der Waals surface area contributed by atoms with Crippen LogP contribution in [0.15, 0.2) is 48.7 Å². The standard InChI is InChI=1S/C19H21FN4/c20-17-8-2-1-6-15(17)10-13-23-11-5-7-16(14-23)19-22-21-18-9-3-4-12-24(18)19/h1-4,6,8-9,12,16H,5,7,10-11,13-14H2. The first-order valence-electron chi connectivity index (χ1n) is 8.57. The Hall–Kier alpha value is -2.27. The second-order valence-electron chi connectivity index (χ2n) is 6.47. The van der Waals surface area contributed by atoms with Crippen LogP contribution in [0.1, 0.15) is 30.1 Å². The maximum atomic E-state index is 13.8. The van der Waals surface area contributed by atoms with Crippen molar-refractivity contribution in [2.45, 2.75) is 25.2 Å². The Morgan fingerprint density at radius 1 is 1.08 bits per heavy atom. The van der Waals surface area contributed by atoms with Crippen molar-refractivity contribution in [2.24, 2.45) is 0 Å². The lowest BCUT2D eigenvalue weighted by molar-refractivity contribution is 0.205. The van der Waals surface area contributed by atoms with E-state index in [2.05, 4.69) is 19.5 Å². The predicted octanol–water partition coefficient (Wildman–Crippen LogP) is 3.29. The normalized spacial score (nSPS) is 19.0. The number of halogens is 1. The summed E-state index contributed by atoms with van der Waals surface area (Å²) in [5.74, 6) is 1.33. The molecule has 0 radical (unpaired) electrons. The lowest BCUT2D eigenvalue weighted by Crippen LogP contribution is -2.36. The van der Waals surface area contributed by atoms with Crippen LogP contribution in [0.25, 0.3) is 5.65 Å². The van der Waals surface area contributed by atoms with Gasteiger partial charge in [-0.15, -0.1) is 10.2 Å². The van der Waals surface area contributed by atoms with Crippen LogP contribution in [0, 0.1) is 5.82 Å². The van der Waals surface area contributed by atoms with Crippen LogP contribution in [0.3, 0.4) is 0 Å². The van der Waals surface area contributed by atoms with E-state index in [1.165, 1.54) is 6.07 Å². The number of piperidine rings is 1. The van der Waals surface area contributed by atoms with Crippen molar-refractivity contribution < 1.29 is 4.39 Å². The zero-order valence-corrected chi connectivity index (χ0v) is 13.6. The maximum absolute atomic E-state index is 13.8. The predicted molar refractivity (Wildman–Crippen MR) is 91.5 cm³/mol. The molecule has 4 nitrogen and oxygen atoms in total. The van der Waals surface area contributed by atoms with Gasteiger partial charge in [0.1, 0.15) is 11.6 Å². The smallest absolute Gasteiger partial charge is 0.160 e. The van der Waals surface area contributed by atoms with Crippen molar-refractivity contribution in [3.63, 3.8) is 0 Å². The van der Waals surface area contributed by atoms with E-state index >= 15 is 0 Å². The molecule has 3 aromatic rings. The maximum Gasteiger partial charge on any atom is 0.160 e. The molecule has 1 saturated heterocycles. The third-order valence-electron chi connectivity index (χ3n) is 4.87. The highest BCUT2D eigenvalue weighted by Crippen LogP contribution is 2.26. The lowest BCUT2D eigenvalue weighted by Gasteiger charge is -2.31. The summed E-state index contributed by atoms with van der Waals surface area (Å²) in [5.41, 5.74) is 1.70. The van der Waals surface area contributed by atoms with Gasteiger partial charge in [0, 0.05) is 25.2 Å². The third kappa shape index (κ3) is 3.04. The van der Waals surface area contributed by atoms with Crippen LogP contribution in [0.4, 0.5) is 4.39 Å². The van der Waals surface area contributed by atoms with Crippen LogP contribution >= 0.6 is 0 Å². The summed E-state index contributed by atoms with van der Waals surface area (Å²) in [7, 11) is 0. The van der Waals surface area contributed by atoms with Crippen molar-refractivity contribution in [3.8, 4) is 0 Å². The zero-order valence-electron chi connectivity index (χ0n) is 13.6. The summed E-state index contributed by atoms with van der Waals surface area (Å²) in [5, 5.41) is 8.68. The Morgan fingerprint density at radius 3 is 2.88 bits per heavy atom. The van der Waals surface area contributed by atoms with Crippen molar-refractivity contribution in [2.75, 3.05) is 19.6 Å². The molecule has 24 heavy (non-hydrogen) atoms. The van der Waals surface area contributed by atoms with Crippen LogP contribution in [-0.2, 0) is 6.42 Å². The van der Waals surface area contributed by atoms with Gasteiger partial charge in [-0.2, -0.15) is 0 Å². The Bertz CT molecular complexity index is 829. The minimum atomic E-state index is -0.102. The fourth-order valence-electron chi connectivity index (χ4n) is 3.59. The van der Waals surface area contributed by atoms with E-state index < -0.39 is 0 Å². The molecule has 0 aliphatic carbocycles. The molecule has 1 aliphatic heterocycles. The number of nitrogens with zero attached hydrogens (tertiary/aromatic N) is 4. The molecule has 0 N–H and O–H groups in total. The first-order chi connectivity index (χ1) is 11.8.